The van der Waals surface area contributed by atoms with E-state index in [0.717, 1.165) is 22.6 Å². The number of imidazole rings is 1. The van der Waals surface area contributed by atoms with Gasteiger partial charge in [0.2, 0.25) is 0 Å². The van der Waals surface area contributed by atoms with Crippen LogP contribution in [0.1, 0.15) is 72.1 Å². The molecule has 0 bridgehead atoms. The van der Waals surface area contributed by atoms with Gasteiger partial charge >= 0.3 is 11.9 Å². The second-order valence-corrected chi connectivity index (χ2v) is 10.7. The number of benzene rings is 1. The van der Waals surface area contributed by atoms with Crippen molar-refractivity contribution in [2.45, 2.75) is 52.7 Å². The number of fused-ring (bicyclic) bond motifs is 1. The number of hydrogen-bond acceptors (Lipinski definition) is 6. The van der Waals surface area contributed by atoms with Crippen molar-refractivity contribution < 1.29 is 24.2 Å². The molecule has 4 aromatic rings. The summed E-state index contributed by atoms with van der Waals surface area (Å²) in [6, 6.07) is 14.5. The van der Waals surface area contributed by atoms with Gasteiger partial charge in [-0.05, 0) is 52.3 Å². The predicted octanol–water partition coefficient (Wildman–Crippen LogP) is 7.07. The summed E-state index contributed by atoms with van der Waals surface area (Å²) in [6.07, 6.45) is 0.186. The Labute approximate surface area is 218 Å². The van der Waals surface area contributed by atoms with Crippen LogP contribution < -0.4 is 4.74 Å². The molecule has 4 rings (SSSR count). The van der Waals surface area contributed by atoms with Crippen molar-refractivity contribution >= 4 is 40.5 Å². The number of aryl methyl sites for hydroxylation is 1. The van der Waals surface area contributed by atoms with Crippen molar-refractivity contribution in [1.82, 2.24) is 9.38 Å². The topological polar surface area (TPSA) is 90.1 Å². The number of thiophene rings is 1. The Bertz CT molecular complexity index is 1450. The van der Waals surface area contributed by atoms with Gasteiger partial charge in [0, 0.05) is 22.3 Å². The van der Waals surface area contributed by atoms with Crippen LogP contribution >= 0.6 is 22.9 Å². The number of nitrogens with zero attached hydrogens (tertiary/aromatic N) is 2. The van der Waals surface area contributed by atoms with E-state index >= 15 is 0 Å². The molecular weight excluding hydrogens is 500 g/mol. The van der Waals surface area contributed by atoms with Gasteiger partial charge in [-0.25, -0.2) is 14.6 Å². The first-order valence-corrected chi connectivity index (χ1v) is 12.7. The molecule has 0 saturated heterocycles. The van der Waals surface area contributed by atoms with Crippen LogP contribution in [0, 0.1) is 0 Å². The maximum atomic E-state index is 13.2. The lowest BCUT2D eigenvalue weighted by molar-refractivity contribution is 0.00704. The average Bonchev–Trinajstić information content (AvgIpc) is 3.39. The highest BCUT2D eigenvalue weighted by molar-refractivity contribution is 7.17. The van der Waals surface area contributed by atoms with E-state index in [0.29, 0.717) is 27.7 Å². The fourth-order valence-corrected chi connectivity index (χ4v) is 5.21. The zero-order valence-electron chi connectivity index (χ0n) is 20.7. The normalized spacial score (nSPS) is 12.5. The Kier molecular flexibility index (Phi) is 7.11. The summed E-state index contributed by atoms with van der Waals surface area (Å²) >= 11 is 7.49. The largest absolute Gasteiger partial charge is 0.484 e. The number of aromatic carboxylic acids is 1. The molecule has 3 aromatic heterocycles. The minimum absolute atomic E-state index is 0.0985. The predicted molar refractivity (Wildman–Crippen MR) is 141 cm³/mol. The van der Waals surface area contributed by atoms with Crippen LogP contribution in [0.3, 0.4) is 0 Å². The first kappa shape index (κ1) is 25.7. The van der Waals surface area contributed by atoms with Crippen LogP contribution in [0.15, 0.2) is 48.5 Å². The molecule has 1 aromatic carbocycles. The van der Waals surface area contributed by atoms with Crippen molar-refractivity contribution in [1.29, 1.82) is 0 Å². The first-order chi connectivity index (χ1) is 17.0. The van der Waals surface area contributed by atoms with Gasteiger partial charge in [-0.2, -0.15) is 0 Å². The SMILES string of the molecule is CCc1cccc2nc(C(=O)O)c(-c3cc(OC(C)c4ccccc4Cl)c(C(=O)OC(C)(C)C)s3)n12. The number of carbonyl (C=O) groups excluding carboxylic acids is 1. The van der Waals surface area contributed by atoms with Gasteiger partial charge in [0.1, 0.15) is 23.1 Å². The number of carboxylic acids is 1. The Morgan fingerprint density at radius 2 is 1.89 bits per heavy atom. The number of pyridine rings is 1. The molecule has 0 aliphatic carbocycles. The third-order valence-corrected chi connectivity index (χ3v) is 6.90. The molecule has 9 heteroatoms. The zero-order chi connectivity index (χ0) is 26.2. The Balaban J connectivity index is 1.89. The van der Waals surface area contributed by atoms with E-state index in [-0.39, 0.29) is 16.3 Å². The van der Waals surface area contributed by atoms with Crippen molar-refractivity contribution in [3.05, 3.63) is 75.4 Å². The smallest absolute Gasteiger partial charge is 0.356 e. The number of esters is 1. The third kappa shape index (κ3) is 5.10. The number of aromatic nitrogens is 2. The number of rotatable bonds is 7. The second-order valence-electron chi connectivity index (χ2n) is 9.27. The number of ether oxygens (including phenoxy) is 2. The fourth-order valence-electron chi connectivity index (χ4n) is 3.92. The van der Waals surface area contributed by atoms with Crippen molar-refractivity contribution in [2.24, 2.45) is 0 Å². The minimum atomic E-state index is -1.16. The molecule has 0 fully saturated rings. The lowest BCUT2D eigenvalue weighted by Crippen LogP contribution is -2.23. The molecule has 1 unspecified atom stereocenters. The van der Waals surface area contributed by atoms with Gasteiger partial charge in [0.15, 0.2) is 10.6 Å². The van der Waals surface area contributed by atoms with Crippen LogP contribution in [-0.2, 0) is 11.2 Å². The summed E-state index contributed by atoms with van der Waals surface area (Å²) in [6.45, 7) is 9.18. The number of hydrogen-bond donors (Lipinski definition) is 1. The first-order valence-electron chi connectivity index (χ1n) is 11.5. The molecule has 0 aliphatic heterocycles. The maximum Gasteiger partial charge on any atom is 0.356 e. The van der Waals surface area contributed by atoms with Crippen LogP contribution in [0.5, 0.6) is 5.75 Å². The number of carboxylic acid groups (broad SMARTS) is 1. The number of carbonyl (C=O) groups is 2. The zero-order valence-corrected chi connectivity index (χ0v) is 22.2. The summed E-state index contributed by atoms with van der Waals surface area (Å²) in [5.74, 6) is -1.42. The van der Waals surface area contributed by atoms with Crippen LogP contribution in [0.2, 0.25) is 5.02 Å². The van der Waals surface area contributed by atoms with Crippen LogP contribution in [0.4, 0.5) is 0 Å². The highest BCUT2D eigenvalue weighted by Gasteiger charge is 2.29. The highest BCUT2D eigenvalue weighted by Crippen LogP contribution is 2.41. The molecule has 188 valence electrons. The molecule has 0 saturated carbocycles. The number of halogens is 1. The lowest BCUT2D eigenvalue weighted by Gasteiger charge is -2.20. The van der Waals surface area contributed by atoms with E-state index in [9.17, 15) is 14.7 Å². The van der Waals surface area contributed by atoms with Gasteiger partial charge in [-0.1, -0.05) is 42.8 Å². The van der Waals surface area contributed by atoms with Gasteiger partial charge in [0.25, 0.3) is 0 Å². The quantitative estimate of drug-likeness (QED) is 0.259. The van der Waals surface area contributed by atoms with Gasteiger partial charge in [-0.3, -0.25) is 4.40 Å². The van der Waals surface area contributed by atoms with E-state index in [2.05, 4.69) is 4.98 Å². The highest BCUT2D eigenvalue weighted by atomic mass is 35.5. The Hall–Kier alpha value is -3.36. The van der Waals surface area contributed by atoms with Gasteiger partial charge in [-0.15, -0.1) is 11.3 Å². The summed E-state index contributed by atoms with van der Waals surface area (Å²) in [7, 11) is 0. The van der Waals surface area contributed by atoms with Crippen molar-refractivity contribution in [2.75, 3.05) is 0 Å². The average molecular weight is 527 g/mol. The van der Waals surface area contributed by atoms with E-state index in [1.165, 1.54) is 0 Å². The Morgan fingerprint density at radius 3 is 2.53 bits per heavy atom. The standard InChI is InChI=1S/C27H27ClN2O5S/c1-6-16-10-9-13-21-29-22(25(31)32)23(30(16)21)20-14-19(24(36-20)26(33)35-27(3,4)5)34-15(2)17-11-7-8-12-18(17)28/h7-15H,6H2,1-5H3,(H,31,32). The summed E-state index contributed by atoms with van der Waals surface area (Å²) in [5, 5.41) is 10.5. The van der Waals surface area contributed by atoms with E-state index in [1.54, 1.807) is 39.0 Å². The van der Waals surface area contributed by atoms with Crippen molar-refractivity contribution in [3.8, 4) is 16.3 Å². The molecular formula is C27H27ClN2O5S. The fraction of sp³-hybridized carbons (Fsp3) is 0.296. The molecule has 0 aliphatic rings. The molecule has 7 nitrogen and oxygen atoms in total. The molecule has 0 radical (unpaired) electrons. The maximum absolute atomic E-state index is 13.2. The van der Waals surface area contributed by atoms with Crippen molar-refractivity contribution in [3.63, 3.8) is 0 Å². The van der Waals surface area contributed by atoms with Gasteiger partial charge < -0.3 is 14.6 Å². The van der Waals surface area contributed by atoms with Crippen LogP contribution in [0.25, 0.3) is 16.2 Å². The summed E-state index contributed by atoms with van der Waals surface area (Å²) in [4.78, 5) is 30.5. The molecule has 36 heavy (non-hydrogen) atoms. The lowest BCUT2D eigenvalue weighted by atomic mass is 10.1. The van der Waals surface area contributed by atoms with Crippen LogP contribution in [-0.4, -0.2) is 32.0 Å². The molecule has 1 N–H and O–H groups in total. The van der Waals surface area contributed by atoms with E-state index in [4.69, 9.17) is 21.1 Å². The Morgan fingerprint density at radius 1 is 1.17 bits per heavy atom. The van der Waals surface area contributed by atoms with Gasteiger partial charge in [0.05, 0.1) is 10.6 Å². The summed E-state index contributed by atoms with van der Waals surface area (Å²) < 4.78 is 13.7. The molecule has 0 amide bonds. The monoisotopic (exact) mass is 526 g/mol. The third-order valence-electron chi connectivity index (χ3n) is 5.45. The van der Waals surface area contributed by atoms with E-state index in [1.807, 2.05) is 48.6 Å². The summed E-state index contributed by atoms with van der Waals surface area (Å²) in [5.41, 5.74) is 1.74. The molecule has 3 heterocycles. The second kappa shape index (κ2) is 9.95. The molecule has 1 atom stereocenters. The van der Waals surface area contributed by atoms with E-state index < -0.39 is 23.6 Å². The molecule has 0 spiro atoms. The minimum Gasteiger partial charge on any atom is -0.484 e.